The first-order valence-corrected chi connectivity index (χ1v) is 6.49. The molecular formula is C17H18FNO. The Balaban J connectivity index is 2.45. The monoisotopic (exact) mass is 271 g/mol. The van der Waals surface area contributed by atoms with E-state index in [2.05, 4.69) is 0 Å². The number of rotatable bonds is 3. The second kappa shape index (κ2) is 5.08. The minimum atomic E-state index is -0.803. The molecule has 0 unspecified atom stereocenters. The number of anilines is 1. The zero-order valence-corrected chi connectivity index (χ0v) is 11.9. The predicted molar refractivity (Wildman–Crippen MR) is 79.3 cm³/mol. The van der Waals surface area contributed by atoms with Gasteiger partial charge in [0.05, 0.1) is 11.0 Å². The highest BCUT2D eigenvalue weighted by atomic mass is 19.1. The molecule has 104 valence electrons. The van der Waals surface area contributed by atoms with Crippen molar-refractivity contribution in [3.8, 4) is 0 Å². The molecule has 0 aliphatic heterocycles. The van der Waals surface area contributed by atoms with Crippen LogP contribution in [0.1, 0.15) is 35.3 Å². The van der Waals surface area contributed by atoms with Gasteiger partial charge < -0.3 is 5.73 Å². The fraction of sp³-hybridized carbons (Fsp3) is 0.235. The van der Waals surface area contributed by atoms with Gasteiger partial charge in [-0.25, -0.2) is 4.39 Å². The summed E-state index contributed by atoms with van der Waals surface area (Å²) in [4.78, 5) is 12.7. The molecule has 2 aromatic rings. The average molecular weight is 271 g/mol. The standard InChI is InChI=1S/C17H18FNO/c1-11-4-9-15(18)14(10-11)16(20)17(2,3)12-5-7-13(19)8-6-12/h4-10H,19H2,1-3H3. The number of halogens is 1. The minimum Gasteiger partial charge on any atom is -0.399 e. The molecule has 20 heavy (non-hydrogen) atoms. The maximum absolute atomic E-state index is 13.9. The first-order chi connectivity index (χ1) is 9.32. The van der Waals surface area contributed by atoms with Crippen LogP contribution in [0.25, 0.3) is 0 Å². The van der Waals surface area contributed by atoms with Crippen molar-refractivity contribution in [2.45, 2.75) is 26.2 Å². The lowest BCUT2D eigenvalue weighted by Gasteiger charge is -2.24. The van der Waals surface area contributed by atoms with Gasteiger partial charge in [0.1, 0.15) is 5.82 Å². The summed E-state index contributed by atoms with van der Waals surface area (Å²) in [5.41, 5.74) is 7.30. The molecule has 2 N–H and O–H groups in total. The molecule has 2 nitrogen and oxygen atoms in total. The second-order valence-corrected chi connectivity index (χ2v) is 5.56. The van der Waals surface area contributed by atoms with Crippen LogP contribution in [-0.4, -0.2) is 5.78 Å². The third-order valence-corrected chi connectivity index (χ3v) is 3.57. The number of hydrogen-bond acceptors (Lipinski definition) is 2. The first kappa shape index (κ1) is 14.3. The summed E-state index contributed by atoms with van der Waals surface area (Å²) in [6.45, 7) is 5.43. The van der Waals surface area contributed by atoms with Crippen LogP contribution < -0.4 is 5.73 Å². The molecule has 3 heteroatoms. The van der Waals surface area contributed by atoms with Crippen LogP contribution in [0, 0.1) is 12.7 Å². The average Bonchev–Trinajstić information content (AvgIpc) is 2.41. The lowest BCUT2D eigenvalue weighted by Crippen LogP contribution is -2.30. The second-order valence-electron chi connectivity index (χ2n) is 5.56. The molecule has 0 amide bonds. The predicted octanol–water partition coefficient (Wildman–Crippen LogP) is 3.88. The van der Waals surface area contributed by atoms with Crippen LogP contribution >= 0.6 is 0 Å². The fourth-order valence-corrected chi connectivity index (χ4v) is 2.18. The van der Waals surface area contributed by atoms with E-state index in [-0.39, 0.29) is 11.3 Å². The minimum absolute atomic E-state index is 0.131. The molecule has 2 rings (SSSR count). The van der Waals surface area contributed by atoms with Crippen molar-refractivity contribution in [1.29, 1.82) is 0 Å². The molecule has 0 aliphatic carbocycles. The van der Waals surface area contributed by atoms with Crippen LogP contribution in [0.4, 0.5) is 10.1 Å². The molecule has 0 spiro atoms. The Hall–Kier alpha value is -2.16. The highest BCUT2D eigenvalue weighted by Gasteiger charge is 2.32. The van der Waals surface area contributed by atoms with Gasteiger partial charge in [0.25, 0.3) is 0 Å². The van der Waals surface area contributed by atoms with Gasteiger partial charge in [-0.05, 0) is 50.6 Å². The van der Waals surface area contributed by atoms with Crippen molar-refractivity contribution < 1.29 is 9.18 Å². The van der Waals surface area contributed by atoms with E-state index >= 15 is 0 Å². The molecule has 0 heterocycles. The van der Waals surface area contributed by atoms with E-state index in [1.165, 1.54) is 6.07 Å². The zero-order valence-electron chi connectivity index (χ0n) is 11.9. The summed E-state index contributed by atoms with van der Waals surface area (Å²) in [6, 6.07) is 11.7. The molecule has 0 fully saturated rings. The van der Waals surface area contributed by atoms with Crippen LogP contribution in [0.5, 0.6) is 0 Å². The molecule has 0 saturated carbocycles. The van der Waals surface area contributed by atoms with Crippen molar-refractivity contribution >= 4 is 11.5 Å². The molecule has 0 bridgehead atoms. The molecular weight excluding hydrogens is 253 g/mol. The summed E-state index contributed by atoms with van der Waals surface area (Å²) in [5.74, 6) is -0.715. The van der Waals surface area contributed by atoms with Crippen LogP contribution in [0.2, 0.25) is 0 Å². The van der Waals surface area contributed by atoms with E-state index in [4.69, 9.17) is 5.73 Å². The van der Waals surface area contributed by atoms with Gasteiger partial charge in [0.2, 0.25) is 0 Å². The summed E-state index contributed by atoms with van der Waals surface area (Å²) in [5, 5.41) is 0. The number of carbonyl (C=O) groups is 1. The van der Waals surface area contributed by atoms with Gasteiger partial charge in [-0.15, -0.1) is 0 Å². The highest BCUT2D eigenvalue weighted by Crippen LogP contribution is 2.29. The topological polar surface area (TPSA) is 43.1 Å². The number of ketones is 1. The van der Waals surface area contributed by atoms with Crippen LogP contribution in [0.15, 0.2) is 42.5 Å². The largest absolute Gasteiger partial charge is 0.399 e. The van der Waals surface area contributed by atoms with Crippen LogP contribution in [-0.2, 0) is 5.41 Å². The third-order valence-electron chi connectivity index (χ3n) is 3.57. The van der Waals surface area contributed by atoms with Gasteiger partial charge in [-0.2, -0.15) is 0 Å². The van der Waals surface area contributed by atoms with E-state index in [9.17, 15) is 9.18 Å². The van der Waals surface area contributed by atoms with E-state index in [0.717, 1.165) is 11.1 Å². The molecule has 0 radical (unpaired) electrons. The van der Waals surface area contributed by atoms with Crippen LogP contribution in [0.3, 0.4) is 0 Å². The molecule has 0 saturated heterocycles. The fourth-order valence-electron chi connectivity index (χ4n) is 2.18. The first-order valence-electron chi connectivity index (χ1n) is 6.49. The van der Waals surface area contributed by atoms with Gasteiger partial charge in [0, 0.05) is 5.69 Å². The van der Waals surface area contributed by atoms with E-state index < -0.39 is 11.2 Å². The van der Waals surface area contributed by atoms with Crippen molar-refractivity contribution in [2.75, 3.05) is 5.73 Å². The van der Waals surface area contributed by atoms with E-state index in [0.29, 0.717) is 5.69 Å². The van der Waals surface area contributed by atoms with E-state index in [1.807, 2.05) is 6.92 Å². The van der Waals surface area contributed by atoms with Gasteiger partial charge in [-0.1, -0.05) is 23.8 Å². The molecule has 0 aromatic heterocycles. The Morgan fingerprint density at radius 3 is 2.30 bits per heavy atom. The summed E-state index contributed by atoms with van der Waals surface area (Å²) in [6.07, 6.45) is 0. The number of Topliss-reactive ketones (excluding diaryl/α,β-unsaturated/α-hetero) is 1. The summed E-state index contributed by atoms with van der Waals surface area (Å²) in [7, 11) is 0. The number of carbonyl (C=O) groups excluding carboxylic acids is 1. The number of hydrogen-bond donors (Lipinski definition) is 1. The molecule has 2 aromatic carbocycles. The lowest BCUT2D eigenvalue weighted by molar-refractivity contribution is 0.0904. The normalized spacial score (nSPS) is 11.4. The third kappa shape index (κ3) is 2.57. The Kier molecular flexibility index (Phi) is 3.62. The maximum atomic E-state index is 13.9. The zero-order chi connectivity index (χ0) is 14.9. The number of benzene rings is 2. The number of nitrogen functional groups attached to an aromatic ring is 1. The lowest BCUT2D eigenvalue weighted by atomic mass is 9.77. The Morgan fingerprint density at radius 1 is 1.10 bits per heavy atom. The molecule has 0 atom stereocenters. The van der Waals surface area contributed by atoms with Gasteiger partial charge >= 0.3 is 0 Å². The van der Waals surface area contributed by atoms with E-state index in [1.54, 1.807) is 50.2 Å². The number of nitrogens with two attached hydrogens (primary N) is 1. The number of aryl methyl sites for hydroxylation is 1. The quantitative estimate of drug-likeness (QED) is 0.680. The Labute approximate surface area is 118 Å². The van der Waals surface area contributed by atoms with Gasteiger partial charge in [-0.3, -0.25) is 4.79 Å². The maximum Gasteiger partial charge on any atom is 0.175 e. The summed E-state index contributed by atoms with van der Waals surface area (Å²) >= 11 is 0. The van der Waals surface area contributed by atoms with Crippen molar-refractivity contribution in [1.82, 2.24) is 0 Å². The van der Waals surface area contributed by atoms with Crippen molar-refractivity contribution in [3.05, 3.63) is 65.0 Å². The SMILES string of the molecule is Cc1ccc(F)c(C(=O)C(C)(C)c2ccc(N)cc2)c1. The highest BCUT2D eigenvalue weighted by molar-refractivity contribution is 6.03. The Bertz CT molecular complexity index is 645. The smallest absolute Gasteiger partial charge is 0.175 e. The van der Waals surface area contributed by atoms with Gasteiger partial charge in [0.15, 0.2) is 5.78 Å². The Morgan fingerprint density at radius 2 is 1.70 bits per heavy atom. The van der Waals surface area contributed by atoms with Crippen molar-refractivity contribution in [2.24, 2.45) is 0 Å². The summed E-state index contributed by atoms with van der Waals surface area (Å²) < 4.78 is 13.9. The van der Waals surface area contributed by atoms with Crippen molar-refractivity contribution in [3.63, 3.8) is 0 Å². The molecule has 0 aliphatic rings.